The van der Waals surface area contributed by atoms with E-state index in [0.717, 1.165) is 18.4 Å². The summed E-state index contributed by atoms with van der Waals surface area (Å²) in [6.07, 6.45) is 2.47. The van der Waals surface area contributed by atoms with Gasteiger partial charge in [0.1, 0.15) is 6.61 Å². The molecule has 0 aliphatic heterocycles. The van der Waals surface area contributed by atoms with Crippen molar-refractivity contribution >= 4 is 5.97 Å². The maximum atomic E-state index is 11.2. The van der Waals surface area contributed by atoms with Gasteiger partial charge >= 0.3 is 5.97 Å². The van der Waals surface area contributed by atoms with Gasteiger partial charge in [0, 0.05) is 6.42 Å². The molecule has 0 spiro atoms. The Kier molecular flexibility index (Phi) is 9.12. The molecule has 0 fully saturated rings. The standard InChI is InChI=1S/C13H18O2.C2H6/c1-3-4-5-13(14)15-10-12-8-6-11(2)7-9-12;1-2/h6-9H,3-5,10H2,1-2H3;1-2H3. The normalized spacial score (nSPS) is 9.18. The Hall–Kier alpha value is -1.31. The van der Waals surface area contributed by atoms with Crippen LogP contribution >= 0.6 is 0 Å². The fourth-order valence-electron chi connectivity index (χ4n) is 1.24. The zero-order valence-corrected chi connectivity index (χ0v) is 11.5. The first-order chi connectivity index (χ1) is 8.22. The van der Waals surface area contributed by atoms with E-state index in [0.29, 0.717) is 13.0 Å². The van der Waals surface area contributed by atoms with E-state index < -0.39 is 0 Å². The van der Waals surface area contributed by atoms with Crippen LogP contribution in [0.25, 0.3) is 0 Å². The predicted octanol–water partition coefficient (Wildman–Crippen LogP) is 4.25. The minimum atomic E-state index is -0.0996. The van der Waals surface area contributed by atoms with Crippen LogP contribution in [-0.2, 0) is 16.1 Å². The molecule has 0 aliphatic rings. The van der Waals surface area contributed by atoms with Crippen LogP contribution in [0.15, 0.2) is 24.3 Å². The molecule has 0 N–H and O–H groups in total. The number of esters is 1. The number of carbonyl (C=O) groups excluding carboxylic acids is 1. The molecule has 1 aromatic rings. The maximum absolute atomic E-state index is 11.2. The highest BCUT2D eigenvalue weighted by Crippen LogP contribution is 2.06. The summed E-state index contributed by atoms with van der Waals surface area (Å²) >= 11 is 0. The molecule has 0 heterocycles. The number of carbonyl (C=O) groups is 1. The fourth-order valence-corrected chi connectivity index (χ4v) is 1.24. The van der Waals surface area contributed by atoms with E-state index in [4.69, 9.17) is 4.74 Å². The van der Waals surface area contributed by atoms with Crippen LogP contribution in [-0.4, -0.2) is 5.97 Å². The molecule has 0 atom stereocenters. The van der Waals surface area contributed by atoms with Crippen LogP contribution < -0.4 is 0 Å². The monoisotopic (exact) mass is 236 g/mol. The Morgan fingerprint density at radius 3 is 2.29 bits per heavy atom. The summed E-state index contributed by atoms with van der Waals surface area (Å²) in [6.45, 7) is 8.49. The lowest BCUT2D eigenvalue weighted by atomic mass is 10.2. The number of benzene rings is 1. The molecule has 96 valence electrons. The Bertz CT molecular complexity index is 301. The molecular weight excluding hydrogens is 212 g/mol. The van der Waals surface area contributed by atoms with E-state index in [2.05, 4.69) is 6.92 Å². The highest BCUT2D eigenvalue weighted by Gasteiger charge is 2.01. The van der Waals surface area contributed by atoms with Gasteiger partial charge in [-0.2, -0.15) is 0 Å². The highest BCUT2D eigenvalue weighted by molar-refractivity contribution is 5.69. The van der Waals surface area contributed by atoms with Gasteiger partial charge in [-0.05, 0) is 18.9 Å². The largest absolute Gasteiger partial charge is 0.461 e. The number of hydrogen-bond acceptors (Lipinski definition) is 2. The van der Waals surface area contributed by atoms with Gasteiger partial charge in [0.2, 0.25) is 0 Å². The van der Waals surface area contributed by atoms with E-state index in [-0.39, 0.29) is 5.97 Å². The Morgan fingerprint density at radius 1 is 1.18 bits per heavy atom. The smallest absolute Gasteiger partial charge is 0.306 e. The van der Waals surface area contributed by atoms with Crippen LogP contribution in [0.4, 0.5) is 0 Å². The van der Waals surface area contributed by atoms with Gasteiger partial charge < -0.3 is 4.74 Å². The molecule has 0 radical (unpaired) electrons. The van der Waals surface area contributed by atoms with Crippen molar-refractivity contribution < 1.29 is 9.53 Å². The van der Waals surface area contributed by atoms with Crippen molar-refractivity contribution in [2.45, 2.75) is 53.6 Å². The van der Waals surface area contributed by atoms with Crippen molar-refractivity contribution in [2.24, 2.45) is 0 Å². The number of aryl methyl sites for hydroxylation is 1. The Labute approximate surface area is 105 Å². The number of hydrogen-bond donors (Lipinski definition) is 0. The van der Waals surface area contributed by atoms with Crippen molar-refractivity contribution in [3.8, 4) is 0 Å². The topological polar surface area (TPSA) is 26.3 Å². The van der Waals surface area contributed by atoms with Gasteiger partial charge in [0.15, 0.2) is 0 Å². The van der Waals surface area contributed by atoms with Gasteiger partial charge in [-0.25, -0.2) is 0 Å². The molecule has 2 nitrogen and oxygen atoms in total. The molecule has 0 unspecified atom stereocenters. The summed E-state index contributed by atoms with van der Waals surface area (Å²) in [6, 6.07) is 8.02. The van der Waals surface area contributed by atoms with Crippen molar-refractivity contribution in [2.75, 3.05) is 0 Å². The van der Waals surface area contributed by atoms with E-state index in [1.165, 1.54) is 5.56 Å². The fraction of sp³-hybridized carbons (Fsp3) is 0.533. The van der Waals surface area contributed by atoms with Gasteiger partial charge in [-0.1, -0.05) is 57.0 Å². The summed E-state index contributed by atoms with van der Waals surface area (Å²) in [7, 11) is 0. The van der Waals surface area contributed by atoms with Crippen LogP contribution in [0.3, 0.4) is 0 Å². The third kappa shape index (κ3) is 7.56. The summed E-state index contributed by atoms with van der Waals surface area (Å²) in [5, 5.41) is 0. The molecule has 2 heteroatoms. The van der Waals surface area contributed by atoms with Crippen LogP contribution in [0.5, 0.6) is 0 Å². The zero-order chi connectivity index (χ0) is 13.1. The number of unbranched alkanes of at least 4 members (excludes halogenated alkanes) is 1. The summed E-state index contributed by atoms with van der Waals surface area (Å²) in [5.74, 6) is -0.0996. The van der Waals surface area contributed by atoms with Crippen LogP contribution in [0.1, 0.15) is 51.2 Å². The lowest BCUT2D eigenvalue weighted by Crippen LogP contribution is -2.03. The SMILES string of the molecule is CC.CCCCC(=O)OCc1ccc(C)cc1. The highest BCUT2D eigenvalue weighted by atomic mass is 16.5. The van der Waals surface area contributed by atoms with Crippen molar-refractivity contribution in [1.29, 1.82) is 0 Å². The van der Waals surface area contributed by atoms with Crippen molar-refractivity contribution in [3.63, 3.8) is 0 Å². The van der Waals surface area contributed by atoms with E-state index >= 15 is 0 Å². The number of rotatable bonds is 5. The Balaban J connectivity index is 0.00000121. The molecule has 0 aromatic heterocycles. The van der Waals surface area contributed by atoms with Crippen LogP contribution in [0, 0.1) is 6.92 Å². The second-order valence-corrected chi connectivity index (χ2v) is 3.75. The van der Waals surface area contributed by atoms with Gasteiger partial charge in [0.05, 0.1) is 0 Å². The first-order valence-electron chi connectivity index (χ1n) is 6.43. The third-order valence-corrected chi connectivity index (χ3v) is 2.25. The zero-order valence-electron chi connectivity index (χ0n) is 11.5. The van der Waals surface area contributed by atoms with Gasteiger partial charge in [0.25, 0.3) is 0 Å². The maximum Gasteiger partial charge on any atom is 0.306 e. The molecular formula is C15H24O2. The lowest BCUT2D eigenvalue weighted by molar-refractivity contribution is -0.145. The second-order valence-electron chi connectivity index (χ2n) is 3.75. The second kappa shape index (κ2) is 9.88. The minimum absolute atomic E-state index is 0.0996. The van der Waals surface area contributed by atoms with E-state index in [9.17, 15) is 4.79 Å². The van der Waals surface area contributed by atoms with Gasteiger partial charge in [-0.3, -0.25) is 4.79 Å². The average Bonchev–Trinajstić information content (AvgIpc) is 2.38. The quantitative estimate of drug-likeness (QED) is 0.714. The lowest BCUT2D eigenvalue weighted by Gasteiger charge is -2.04. The van der Waals surface area contributed by atoms with E-state index in [1.807, 2.05) is 45.0 Å². The molecule has 0 aliphatic carbocycles. The molecule has 0 bridgehead atoms. The molecule has 1 aromatic carbocycles. The summed E-state index contributed by atoms with van der Waals surface area (Å²) in [5.41, 5.74) is 2.27. The summed E-state index contributed by atoms with van der Waals surface area (Å²) < 4.78 is 5.13. The first kappa shape index (κ1) is 15.7. The number of ether oxygens (including phenoxy) is 1. The summed E-state index contributed by atoms with van der Waals surface area (Å²) in [4.78, 5) is 11.2. The average molecular weight is 236 g/mol. The molecule has 1 rings (SSSR count). The third-order valence-electron chi connectivity index (χ3n) is 2.25. The van der Waals surface area contributed by atoms with Gasteiger partial charge in [-0.15, -0.1) is 0 Å². The van der Waals surface area contributed by atoms with Crippen LogP contribution in [0.2, 0.25) is 0 Å². The molecule has 0 saturated carbocycles. The molecule has 0 amide bonds. The molecule has 17 heavy (non-hydrogen) atoms. The predicted molar refractivity (Wildman–Crippen MR) is 71.8 cm³/mol. The minimum Gasteiger partial charge on any atom is -0.461 e. The Morgan fingerprint density at radius 2 is 1.76 bits per heavy atom. The van der Waals surface area contributed by atoms with Crippen molar-refractivity contribution in [3.05, 3.63) is 35.4 Å². The molecule has 0 saturated heterocycles. The van der Waals surface area contributed by atoms with E-state index in [1.54, 1.807) is 0 Å². The van der Waals surface area contributed by atoms with Crippen molar-refractivity contribution in [1.82, 2.24) is 0 Å². The first-order valence-corrected chi connectivity index (χ1v) is 6.43.